The topological polar surface area (TPSA) is 20.2 Å². The molecule has 2 aromatic carbocycles. The van der Waals surface area contributed by atoms with E-state index in [1.807, 2.05) is 13.0 Å². The van der Waals surface area contributed by atoms with Crippen LogP contribution in [0.25, 0.3) is 22.3 Å². The fraction of sp³-hybridized carbons (Fsp3) is 0.143. The van der Waals surface area contributed by atoms with E-state index >= 15 is 0 Å². The van der Waals surface area contributed by atoms with Crippen LogP contribution in [-0.4, -0.2) is 5.11 Å². The first-order chi connectivity index (χ1) is 7.16. The van der Waals surface area contributed by atoms with Crippen molar-refractivity contribution in [3.8, 4) is 28.0 Å². The van der Waals surface area contributed by atoms with Crippen LogP contribution in [0.3, 0.4) is 0 Å². The monoisotopic (exact) mass is 196 g/mol. The van der Waals surface area contributed by atoms with Crippen LogP contribution in [-0.2, 0) is 0 Å². The van der Waals surface area contributed by atoms with Crippen molar-refractivity contribution in [3.05, 3.63) is 41.5 Å². The van der Waals surface area contributed by atoms with Crippen LogP contribution in [0.5, 0.6) is 5.75 Å². The number of fused-ring (bicyclic) bond motifs is 4. The Hall–Kier alpha value is -1.76. The summed E-state index contributed by atoms with van der Waals surface area (Å²) in [5.41, 5.74) is 6.98. The second-order valence-corrected chi connectivity index (χ2v) is 4.26. The zero-order valence-corrected chi connectivity index (χ0v) is 8.83. The number of hydrogen-bond donors (Lipinski definition) is 1. The summed E-state index contributed by atoms with van der Waals surface area (Å²) >= 11 is 0. The molecular formula is C14H12O. The van der Waals surface area contributed by atoms with Crippen molar-refractivity contribution < 1.29 is 5.11 Å². The van der Waals surface area contributed by atoms with Crippen LogP contribution >= 0.6 is 0 Å². The number of benzene rings is 2. The van der Waals surface area contributed by atoms with Crippen LogP contribution < -0.4 is 0 Å². The summed E-state index contributed by atoms with van der Waals surface area (Å²) in [6.45, 7) is 4.08. The zero-order valence-electron chi connectivity index (χ0n) is 8.83. The maximum atomic E-state index is 9.87. The van der Waals surface area contributed by atoms with E-state index in [1.54, 1.807) is 0 Å². The summed E-state index contributed by atoms with van der Waals surface area (Å²) in [5, 5.41) is 9.87. The van der Waals surface area contributed by atoms with Crippen molar-refractivity contribution in [1.82, 2.24) is 0 Å². The third-order valence-corrected chi connectivity index (χ3v) is 3.00. The molecule has 0 saturated heterocycles. The van der Waals surface area contributed by atoms with Crippen molar-refractivity contribution in [2.75, 3.05) is 0 Å². The molecule has 0 amide bonds. The standard InChI is InChI=1S/C14H12O/c1-8-3-4-10-11(5-8)14-12(10)6-9(2)7-13(14)15/h3-7,15H,1-2H3. The largest absolute Gasteiger partial charge is 0.507 e. The van der Waals surface area contributed by atoms with Gasteiger partial charge in [0.25, 0.3) is 0 Å². The molecule has 0 unspecified atom stereocenters. The average Bonchev–Trinajstić information content (AvgIpc) is 2.14. The van der Waals surface area contributed by atoms with Crippen molar-refractivity contribution in [1.29, 1.82) is 0 Å². The van der Waals surface area contributed by atoms with Gasteiger partial charge in [0.1, 0.15) is 5.75 Å². The summed E-state index contributed by atoms with van der Waals surface area (Å²) in [6.07, 6.45) is 0. The maximum absolute atomic E-state index is 9.87. The Bertz CT molecular complexity index is 568. The summed E-state index contributed by atoms with van der Waals surface area (Å²) < 4.78 is 0. The van der Waals surface area contributed by atoms with Crippen molar-refractivity contribution >= 4 is 0 Å². The van der Waals surface area contributed by atoms with Gasteiger partial charge in [-0.05, 0) is 42.2 Å². The molecule has 0 atom stereocenters. The highest BCUT2D eigenvalue weighted by atomic mass is 16.3. The molecule has 0 bridgehead atoms. The summed E-state index contributed by atoms with van der Waals surface area (Å²) in [4.78, 5) is 0. The lowest BCUT2D eigenvalue weighted by Gasteiger charge is -2.25. The van der Waals surface area contributed by atoms with Crippen molar-refractivity contribution in [2.24, 2.45) is 0 Å². The molecule has 0 heterocycles. The summed E-state index contributed by atoms with van der Waals surface area (Å²) in [6, 6.07) is 10.3. The van der Waals surface area contributed by atoms with Crippen molar-refractivity contribution in [2.45, 2.75) is 13.8 Å². The van der Waals surface area contributed by atoms with Crippen LogP contribution in [0.4, 0.5) is 0 Å². The minimum atomic E-state index is 0.406. The van der Waals surface area contributed by atoms with Gasteiger partial charge in [0.05, 0.1) is 0 Å². The van der Waals surface area contributed by atoms with Gasteiger partial charge in [0.15, 0.2) is 0 Å². The van der Waals surface area contributed by atoms with Gasteiger partial charge in [0.2, 0.25) is 0 Å². The minimum absolute atomic E-state index is 0.406. The van der Waals surface area contributed by atoms with Gasteiger partial charge in [-0.25, -0.2) is 0 Å². The molecule has 15 heavy (non-hydrogen) atoms. The van der Waals surface area contributed by atoms with Gasteiger partial charge in [-0.3, -0.25) is 0 Å². The fourth-order valence-electron chi connectivity index (χ4n) is 2.30. The van der Waals surface area contributed by atoms with E-state index in [4.69, 9.17) is 0 Å². The Balaban J connectivity index is 2.30. The number of phenolic OH excluding ortho intramolecular Hbond substituents is 1. The Labute approximate surface area is 89.0 Å². The first-order valence-electron chi connectivity index (χ1n) is 5.12. The number of phenols is 1. The molecular weight excluding hydrogens is 184 g/mol. The third-order valence-electron chi connectivity index (χ3n) is 3.00. The van der Waals surface area contributed by atoms with E-state index in [0.29, 0.717) is 5.75 Å². The molecule has 1 N–H and O–H groups in total. The van der Waals surface area contributed by atoms with Gasteiger partial charge < -0.3 is 5.11 Å². The van der Waals surface area contributed by atoms with Gasteiger partial charge >= 0.3 is 0 Å². The number of hydrogen-bond acceptors (Lipinski definition) is 1. The lowest BCUT2D eigenvalue weighted by atomic mass is 9.78. The predicted molar refractivity (Wildman–Crippen MR) is 62.0 cm³/mol. The van der Waals surface area contributed by atoms with Crippen LogP contribution in [0.1, 0.15) is 11.1 Å². The third kappa shape index (κ3) is 1.03. The molecule has 1 heteroatoms. The van der Waals surface area contributed by atoms with E-state index < -0.39 is 0 Å². The molecule has 0 radical (unpaired) electrons. The van der Waals surface area contributed by atoms with Gasteiger partial charge in [-0.15, -0.1) is 0 Å². The summed E-state index contributed by atoms with van der Waals surface area (Å²) in [7, 11) is 0. The SMILES string of the molecule is Cc1ccc2c(c1)-c1c(O)cc(C)cc1-2. The van der Waals surface area contributed by atoms with Crippen LogP contribution in [0.2, 0.25) is 0 Å². The highest BCUT2D eigenvalue weighted by molar-refractivity contribution is 6.05. The minimum Gasteiger partial charge on any atom is -0.507 e. The van der Waals surface area contributed by atoms with Gasteiger partial charge in [0, 0.05) is 5.56 Å². The summed E-state index contributed by atoms with van der Waals surface area (Å²) in [5.74, 6) is 0.406. The Kier molecular flexibility index (Phi) is 1.50. The predicted octanol–water partition coefficient (Wildman–Crippen LogP) is 3.66. The highest BCUT2D eigenvalue weighted by Crippen LogP contribution is 2.52. The van der Waals surface area contributed by atoms with E-state index in [-0.39, 0.29) is 0 Å². The second kappa shape index (κ2) is 2.63. The van der Waals surface area contributed by atoms with Crippen molar-refractivity contribution in [3.63, 3.8) is 0 Å². The number of aromatic hydroxyl groups is 1. The molecule has 2 aromatic rings. The first-order valence-corrected chi connectivity index (χ1v) is 5.12. The maximum Gasteiger partial charge on any atom is 0.124 e. The van der Waals surface area contributed by atoms with E-state index in [9.17, 15) is 5.11 Å². The molecule has 0 spiro atoms. The first kappa shape index (κ1) is 8.54. The highest BCUT2D eigenvalue weighted by Gasteiger charge is 2.25. The lowest BCUT2D eigenvalue weighted by Crippen LogP contribution is -2.00. The van der Waals surface area contributed by atoms with E-state index in [0.717, 1.165) is 11.1 Å². The number of aryl methyl sites for hydroxylation is 2. The van der Waals surface area contributed by atoms with Crippen LogP contribution in [0.15, 0.2) is 30.3 Å². The molecule has 1 aliphatic carbocycles. The molecule has 0 aliphatic heterocycles. The lowest BCUT2D eigenvalue weighted by molar-refractivity contribution is 0.476. The molecule has 0 saturated carbocycles. The average molecular weight is 196 g/mol. The molecule has 3 rings (SSSR count). The van der Waals surface area contributed by atoms with Gasteiger partial charge in [-0.2, -0.15) is 0 Å². The Morgan fingerprint density at radius 2 is 1.53 bits per heavy atom. The van der Waals surface area contributed by atoms with E-state index in [2.05, 4.69) is 31.2 Å². The molecule has 0 aromatic heterocycles. The van der Waals surface area contributed by atoms with E-state index in [1.165, 1.54) is 22.3 Å². The quantitative estimate of drug-likeness (QED) is 0.581. The molecule has 1 aliphatic rings. The normalized spacial score (nSPS) is 11.6. The Morgan fingerprint density at radius 1 is 0.800 bits per heavy atom. The molecule has 1 nitrogen and oxygen atoms in total. The molecule has 74 valence electrons. The van der Waals surface area contributed by atoms with Gasteiger partial charge in [-0.1, -0.05) is 29.8 Å². The van der Waals surface area contributed by atoms with Crippen LogP contribution in [0, 0.1) is 13.8 Å². The second-order valence-electron chi connectivity index (χ2n) is 4.26. The smallest absolute Gasteiger partial charge is 0.124 e. The Morgan fingerprint density at radius 3 is 2.33 bits per heavy atom. The zero-order chi connectivity index (χ0) is 10.6. The molecule has 0 fully saturated rings. The fourth-order valence-corrected chi connectivity index (χ4v) is 2.30. The number of rotatable bonds is 0.